The molecule has 0 aliphatic heterocycles. The van der Waals surface area contributed by atoms with Crippen molar-refractivity contribution in [1.82, 2.24) is 15.0 Å². The number of benzene rings is 1. The van der Waals surface area contributed by atoms with Crippen LogP contribution in [0.15, 0.2) is 22.8 Å². The molecule has 0 unspecified atom stereocenters. The number of methoxy groups -OCH3 is 2. The van der Waals surface area contributed by atoms with Gasteiger partial charge >= 0.3 is 0 Å². The van der Waals surface area contributed by atoms with E-state index in [0.29, 0.717) is 24.6 Å². The van der Waals surface area contributed by atoms with Crippen LogP contribution in [-0.4, -0.2) is 35.8 Å². The van der Waals surface area contributed by atoms with Gasteiger partial charge in [0.25, 0.3) is 0 Å². The van der Waals surface area contributed by atoms with Crippen molar-refractivity contribution < 1.29 is 9.47 Å². The molecule has 1 aromatic heterocycles. The number of hydrogen-bond acceptors (Lipinski definition) is 5. The van der Waals surface area contributed by atoms with Gasteiger partial charge in [-0.15, -0.1) is 5.10 Å². The fraction of sp³-hybridized carbons (Fsp3) is 0.333. The van der Waals surface area contributed by atoms with E-state index in [0.717, 1.165) is 15.7 Å². The SMILES string of the molecule is COc1cc(Br)c(-c2cn(CCN)nn2)cc1OC. The summed E-state index contributed by atoms with van der Waals surface area (Å²) in [6.07, 6.45) is 1.85. The molecule has 0 saturated heterocycles. The fourth-order valence-corrected chi connectivity index (χ4v) is 2.24. The van der Waals surface area contributed by atoms with Gasteiger partial charge < -0.3 is 15.2 Å². The third-order valence-electron chi connectivity index (χ3n) is 2.65. The average molecular weight is 327 g/mol. The third-order valence-corrected chi connectivity index (χ3v) is 3.30. The van der Waals surface area contributed by atoms with Gasteiger partial charge in [-0.3, -0.25) is 4.68 Å². The van der Waals surface area contributed by atoms with Crippen molar-refractivity contribution in [3.8, 4) is 22.8 Å². The van der Waals surface area contributed by atoms with Crippen molar-refractivity contribution in [1.29, 1.82) is 0 Å². The summed E-state index contributed by atoms with van der Waals surface area (Å²) in [6, 6.07) is 3.70. The van der Waals surface area contributed by atoms with Crippen LogP contribution in [0.2, 0.25) is 0 Å². The Bertz CT molecular complexity index is 571. The van der Waals surface area contributed by atoms with Crippen molar-refractivity contribution in [3.63, 3.8) is 0 Å². The monoisotopic (exact) mass is 326 g/mol. The van der Waals surface area contributed by atoms with E-state index in [1.165, 1.54) is 0 Å². The summed E-state index contributed by atoms with van der Waals surface area (Å²) in [5.41, 5.74) is 7.13. The minimum atomic E-state index is 0.524. The molecular formula is C12H15BrN4O2. The second-order valence-corrected chi connectivity index (χ2v) is 4.70. The topological polar surface area (TPSA) is 75.2 Å². The van der Waals surface area contributed by atoms with Crippen LogP contribution in [0.3, 0.4) is 0 Å². The predicted molar refractivity (Wildman–Crippen MR) is 75.3 cm³/mol. The maximum Gasteiger partial charge on any atom is 0.161 e. The highest BCUT2D eigenvalue weighted by atomic mass is 79.9. The van der Waals surface area contributed by atoms with Crippen LogP contribution in [0.5, 0.6) is 11.5 Å². The predicted octanol–water partition coefficient (Wildman–Crippen LogP) is 1.68. The Morgan fingerprint density at radius 1 is 1.26 bits per heavy atom. The van der Waals surface area contributed by atoms with E-state index in [9.17, 15) is 0 Å². The first-order chi connectivity index (χ1) is 9.19. The summed E-state index contributed by atoms with van der Waals surface area (Å²) in [5.74, 6) is 1.31. The van der Waals surface area contributed by atoms with Crippen LogP contribution in [0.4, 0.5) is 0 Å². The summed E-state index contributed by atoms with van der Waals surface area (Å²) in [7, 11) is 3.20. The van der Waals surface area contributed by atoms with E-state index in [2.05, 4.69) is 26.2 Å². The van der Waals surface area contributed by atoms with Gasteiger partial charge in [0.1, 0.15) is 5.69 Å². The van der Waals surface area contributed by atoms with Crippen LogP contribution in [0.25, 0.3) is 11.3 Å². The molecule has 0 amide bonds. The normalized spacial score (nSPS) is 10.5. The zero-order valence-corrected chi connectivity index (χ0v) is 12.3. The molecule has 1 heterocycles. The van der Waals surface area contributed by atoms with Gasteiger partial charge in [0, 0.05) is 16.6 Å². The number of hydrogen-bond donors (Lipinski definition) is 1. The van der Waals surface area contributed by atoms with Crippen LogP contribution in [-0.2, 0) is 6.54 Å². The minimum Gasteiger partial charge on any atom is -0.493 e. The molecular weight excluding hydrogens is 312 g/mol. The van der Waals surface area contributed by atoms with Gasteiger partial charge in [0.2, 0.25) is 0 Å². The number of halogens is 1. The summed E-state index contributed by atoms with van der Waals surface area (Å²) in [4.78, 5) is 0. The Kier molecular flexibility index (Phi) is 4.39. The molecule has 2 N–H and O–H groups in total. The maximum atomic E-state index is 5.49. The fourth-order valence-electron chi connectivity index (χ4n) is 1.71. The Morgan fingerprint density at radius 2 is 1.95 bits per heavy atom. The van der Waals surface area contributed by atoms with E-state index in [4.69, 9.17) is 15.2 Å². The van der Waals surface area contributed by atoms with Crippen LogP contribution in [0.1, 0.15) is 0 Å². The van der Waals surface area contributed by atoms with Gasteiger partial charge in [-0.05, 0) is 28.1 Å². The molecule has 1 aromatic carbocycles. The molecule has 0 aliphatic rings. The molecule has 0 bridgehead atoms. The molecule has 2 rings (SSSR count). The lowest BCUT2D eigenvalue weighted by Crippen LogP contribution is -2.10. The van der Waals surface area contributed by atoms with Gasteiger partial charge in [-0.2, -0.15) is 0 Å². The molecule has 7 heteroatoms. The second kappa shape index (κ2) is 6.03. The third kappa shape index (κ3) is 2.87. The molecule has 2 aromatic rings. The zero-order valence-electron chi connectivity index (χ0n) is 10.8. The number of nitrogens with two attached hydrogens (primary N) is 1. The van der Waals surface area contributed by atoms with Crippen LogP contribution in [0, 0.1) is 0 Å². The Morgan fingerprint density at radius 3 is 2.58 bits per heavy atom. The Balaban J connectivity index is 2.42. The molecule has 0 fully saturated rings. The van der Waals surface area contributed by atoms with Crippen molar-refractivity contribution >= 4 is 15.9 Å². The first-order valence-corrected chi connectivity index (χ1v) is 6.51. The molecule has 0 saturated carbocycles. The quantitative estimate of drug-likeness (QED) is 0.904. The first kappa shape index (κ1) is 13.8. The van der Waals surface area contributed by atoms with E-state index in [1.54, 1.807) is 18.9 Å². The van der Waals surface area contributed by atoms with Crippen molar-refractivity contribution in [2.75, 3.05) is 20.8 Å². The molecule has 0 aliphatic carbocycles. The van der Waals surface area contributed by atoms with E-state index < -0.39 is 0 Å². The zero-order chi connectivity index (χ0) is 13.8. The molecule has 102 valence electrons. The Hall–Kier alpha value is -1.60. The lowest BCUT2D eigenvalue weighted by atomic mass is 10.1. The van der Waals surface area contributed by atoms with Crippen LogP contribution >= 0.6 is 15.9 Å². The summed E-state index contributed by atoms with van der Waals surface area (Å²) in [6.45, 7) is 1.16. The number of rotatable bonds is 5. The van der Waals surface area contributed by atoms with Crippen molar-refractivity contribution in [2.24, 2.45) is 5.73 Å². The molecule has 0 spiro atoms. The van der Waals surface area contributed by atoms with Crippen molar-refractivity contribution in [2.45, 2.75) is 6.54 Å². The molecule has 6 nitrogen and oxygen atoms in total. The van der Waals surface area contributed by atoms with Gasteiger partial charge in [-0.25, -0.2) is 0 Å². The molecule has 0 radical (unpaired) electrons. The number of aromatic nitrogens is 3. The standard InChI is InChI=1S/C12H15BrN4O2/c1-18-11-5-8(9(13)6-12(11)19-2)10-7-17(4-3-14)16-15-10/h5-7H,3-4,14H2,1-2H3. The van der Waals surface area contributed by atoms with E-state index in [1.807, 2.05) is 18.3 Å². The summed E-state index contributed by atoms with van der Waals surface area (Å²) in [5, 5.41) is 8.14. The number of ether oxygens (including phenoxy) is 2. The smallest absolute Gasteiger partial charge is 0.161 e. The number of nitrogens with zero attached hydrogens (tertiary/aromatic N) is 3. The molecule has 19 heavy (non-hydrogen) atoms. The lowest BCUT2D eigenvalue weighted by molar-refractivity contribution is 0.355. The Labute approximate surface area is 119 Å². The largest absolute Gasteiger partial charge is 0.493 e. The minimum absolute atomic E-state index is 0.524. The summed E-state index contributed by atoms with van der Waals surface area (Å²) >= 11 is 3.50. The van der Waals surface area contributed by atoms with Gasteiger partial charge in [-0.1, -0.05) is 5.21 Å². The van der Waals surface area contributed by atoms with E-state index >= 15 is 0 Å². The van der Waals surface area contributed by atoms with Crippen molar-refractivity contribution in [3.05, 3.63) is 22.8 Å². The summed E-state index contributed by atoms with van der Waals surface area (Å²) < 4.78 is 13.1. The lowest BCUT2D eigenvalue weighted by Gasteiger charge is -2.10. The van der Waals surface area contributed by atoms with E-state index in [-0.39, 0.29) is 0 Å². The maximum absolute atomic E-state index is 5.49. The highest BCUT2D eigenvalue weighted by Crippen LogP contribution is 2.37. The van der Waals surface area contributed by atoms with Crippen LogP contribution < -0.4 is 15.2 Å². The molecule has 0 atom stereocenters. The van der Waals surface area contributed by atoms with Gasteiger partial charge in [0.05, 0.1) is 27.0 Å². The highest BCUT2D eigenvalue weighted by Gasteiger charge is 2.13. The first-order valence-electron chi connectivity index (χ1n) is 5.71. The van der Waals surface area contributed by atoms with Gasteiger partial charge in [0.15, 0.2) is 11.5 Å². The average Bonchev–Trinajstić information content (AvgIpc) is 2.87. The highest BCUT2D eigenvalue weighted by molar-refractivity contribution is 9.10. The second-order valence-electron chi connectivity index (χ2n) is 3.84.